The van der Waals surface area contributed by atoms with E-state index in [0.717, 1.165) is 5.56 Å². The molecule has 3 aromatic rings. The fourth-order valence-corrected chi connectivity index (χ4v) is 4.48. The lowest BCUT2D eigenvalue weighted by Gasteiger charge is -2.25. The quantitative estimate of drug-likeness (QED) is 0.330. The first-order valence-corrected chi connectivity index (χ1v) is 11.2. The molecule has 5 rings (SSSR count). The number of fused-ring (bicyclic) bond motifs is 1. The highest BCUT2D eigenvalue weighted by Crippen LogP contribution is 2.45. The second kappa shape index (κ2) is 8.79. The summed E-state index contributed by atoms with van der Waals surface area (Å²) in [6, 6.07) is 12.8. The number of Topliss-reactive ketones (excluding diaryl/α,β-unsaturated/α-hetero) is 1. The molecule has 35 heavy (non-hydrogen) atoms. The van der Waals surface area contributed by atoms with Crippen molar-refractivity contribution in [3.63, 3.8) is 0 Å². The van der Waals surface area contributed by atoms with Gasteiger partial charge in [-0.15, -0.1) is 0 Å². The molecule has 1 unspecified atom stereocenters. The average Bonchev–Trinajstić information content (AvgIpc) is 3.45. The lowest BCUT2D eigenvalue weighted by Crippen LogP contribution is -2.29. The molecule has 3 heterocycles. The molecule has 1 fully saturated rings. The Morgan fingerprint density at radius 3 is 2.63 bits per heavy atom. The summed E-state index contributed by atoms with van der Waals surface area (Å²) in [4.78, 5) is 32.2. The van der Waals surface area contributed by atoms with Gasteiger partial charge in [0.25, 0.3) is 11.7 Å². The molecule has 2 aliphatic heterocycles. The largest absolute Gasteiger partial charge is 0.507 e. The summed E-state index contributed by atoms with van der Waals surface area (Å²) in [6.45, 7) is 4.10. The minimum atomic E-state index is -0.881. The van der Waals surface area contributed by atoms with E-state index < -0.39 is 17.7 Å². The molecule has 178 valence electrons. The van der Waals surface area contributed by atoms with E-state index >= 15 is 0 Å². The van der Waals surface area contributed by atoms with Crippen molar-refractivity contribution in [3.8, 4) is 17.2 Å². The van der Waals surface area contributed by atoms with Crippen molar-refractivity contribution in [1.29, 1.82) is 0 Å². The van der Waals surface area contributed by atoms with E-state index in [-0.39, 0.29) is 24.0 Å². The van der Waals surface area contributed by atoms with E-state index in [9.17, 15) is 14.7 Å². The van der Waals surface area contributed by atoms with Crippen LogP contribution in [0.15, 0.2) is 66.5 Å². The first kappa shape index (κ1) is 22.5. The highest BCUT2D eigenvalue weighted by molar-refractivity contribution is 6.51. The van der Waals surface area contributed by atoms with Crippen LogP contribution in [0.5, 0.6) is 17.2 Å². The lowest BCUT2D eigenvalue weighted by atomic mass is 9.93. The van der Waals surface area contributed by atoms with Gasteiger partial charge in [-0.25, -0.2) is 0 Å². The molecule has 0 saturated carbocycles. The van der Waals surface area contributed by atoms with Gasteiger partial charge in [-0.1, -0.05) is 19.9 Å². The van der Waals surface area contributed by atoms with Gasteiger partial charge in [0.05, 0.1) is 18.7 Å². The topological polar surface area (TPSA) is 98.2 Å². The summed E-state index contributed by atoms with van der Waals surface area (Å²) >= 11 is 0. The number of pyridine rings is 1. The predicted molar refractivity (Wildman–Crippen MR) is 129 cm³/mol. The van der Waals surface area contributed by atoms with Gasteiger partial charge in [-0.3, -0.25) is 19.5 Å². The first-order valence-electron chi connectivity index (χ1n) is 11.2. The number of benzene rings is 2. The highest BCUT2D eigenvalue weighted by atomic mass is 16.7. The number of carbonyl (C=O) groups excluding carboxylic acids is 2. The number of aliphatic hydroxyl groups excluding tert-OH is 1. The normalized spacial score (nSPS) is 18.4. The molecule has 1 aromatic heterocycles. The van der Waals surface area contributed by atoms with Crippen molar-refractivity contribution < 1.29 is 28.9 Å². The Bertz CT molecular complexity index is 1350. The minimum Gasteiger partial charge on any atom is -0.507 e. The Morgan fingerprint density at radius 2 is 1.91 bits per heavy atom. The van der Waals surface area contributed by atoms with Crippen LogP contribution >= 0.6 is 0 Å². The number of hydrogen-bond acceptors (Lipinski definition) is 7. The lowest BCUT2D eigenvalue weighted by molar-refractivity contribution is -0.132. The van der Waals surface area contributed by atoms with Crippen molar-refractivity contribution in [1.82, 2.24) is 4.98 Å². The molecule has 0 radical (unpaired) electrons. The van der Waals surface area contributed by atoms with Crippen molar-refractivity contribution in [2.24, 2.45) is 0 Å². The van der Waals surface area contributed by atoms with Crippen molar-refractivity contribution in [2.45, 2.75) is 25.8 Å². The molecule has 1 amide bonds. The Hall–Kier alpha value is -4.33. The molecular formula is C27H24N2O6. The zero-order valence-electron chi connectivity index (χ0n) is 19.5. The van der Waals surface area contributed by atoms with Gasteiger partial charge in [0.15, 0.2) is 11.5 Å². The summed E-state index contributed by atoms with van der Waals surface area (Å²) in [5, 5.41) is 11.4. The molecule has 0 aliphatic carbocycles. The SMILES string of the molecule is COc1ccc(/C(O)=C2\C(=O)C(=O)N(c3ccc4c(c3)OCO4)C2c2cccnc2)cc1C(C)C. The van der Waals surface area contributed by atoms with Crippen molar-refractivity contribution in [2.75, 3.05) is 18.8 Å². The number of methoxy groups -OCH3 is 1. The van der Waals surface area contributed by atoms with E-state index in [1.807, 2.05) is 13.8 Å². The average molecular weight is 472 g/mol. The van der Waals surface area contributed by atoms with Crippen LogP contribution < -0.4 is 19.1 Å². The van der Waals surface area contributed by atoms with E-state index in [0.29, 0.717) is 34.1 Å². The highest BCUT2D eigenvalue weighted by Gasteiger charge is 2.47. The van der Waals surface area contributed by atoms with Crippen LogP contribution in [0.2, 0.25) is 0 Å². The van der Waals surface area contributed by atoms with E-state index in [4.69, 9.17) is 14.2 Å². The maximum absolute atomic E-state index is 13.4. The van der Waals surface area contributed by atoms with Gasteiger partial charge < -0.3 is 19.3 Å². The smallest absolute Gasteiger partial charge is 0.300 e. The number of aliphatic hydroxyl groups is 1. The number of ether oxygens (including phenoxy) is 3. The van der Waals surface area contributed by atoms with Gasteiger partial charge >= 0.3 is 0 Å². The van der Waals surface area contributed by atoms with Crippen LogP contribution in [0.1, 0.15) is 42.5 Å². The first-order chi connectivity index (χ1) is 16.9. The number of ketones is 1. The standard InChI is InChI=1S/C27H24N2O6/c1-15(2)19-11-16(6-8-20(19)33-3)25(30)23-24(17-5-4-10-28-13-17)29(27(32)26(23)31)18-7-9-21-22(12-18)35-14-34-21/h4-13,15,24,30H,14H2,1-3H3/b25-23+. The Balaban J connectivity index is 1.69. The molecular weight excluding hydrogens is 448 g/mol. The summed E-state index contributed by atoms with van der Waals surface area (Å²) < 4.78 is 16.3. The third kappa shape index (κ3) is 3.77. The molecule has 1 saturated heterocycles. The summed E-state index contributed by atoms with van der Waals surface area (Å²) in [6.07, 6.45) is 3.19. The molecule has 0 spiro atoms. The molecule has 1 atom stereocenters. The number of amides is 1. The Morgan fingerprint density at radius 1 is 1.11 bits per heavy atom. The maximum atomic E-state index is 13.4. The fraction of sp³-hybridized carbons (Fsp3) is 0.222. The van der Waals surface area contributed by atoms with E-state index in [1.54, 1.807) is 68.0 Å². The predicted octanol–water partition coefficient (Wildman–Crippen LogP) is 4.57. The molecule has 1 N–H and O–H groups in total. The Kier molecular flexibility index (Phi) is 5.64. The van der Waals surface area contributed by atoms with Crippen LogP contribution in [-0.2, 0) is 9.59 Å². The minimum absolute atomic E-state index is 0.0134. The second-order valence-corrected chi connectivity index (χ2v) is 8.60. The number of rotatable bonds is 5. The van der Waals surface area contributed by atoms with Crippen LogP contribution in [0, 0.1) is 0 Å². The van der Waals surface area contributed by atoms with Gasteiger partial charge in [0.2, 0.25) is 6.79 Å². The van der Waals surface area contributed by atoms with E-state index in [1.165, 1.54) is 4.90 Å². The second-order valence-electron chi connectivity index (χ2n) is 8.60. The maximum Gasteiger partial charge on any atom is 0.300 e. The van der Waals surface area contributed by atoms with Crippen LogP contribution in [0.4, 0.5) is 5.69 Å². The monoisotopic (exact) mass is 472 g/mol. The van der Waals surface area contributed by atoms with Crippen LogP contribution in [0.3, 0.4) is 0 Å². The third-order valence-corrected chi connectivity index (χ3v) is 6.20. The zero-order valence-corrected chi connectivity index (χ0v) is 19.5. The summed E-state index contributed by atoms with van der Waals surface area (Å²) in [7, 11) is 1.58. The number of hydrogen-bond donors (Lipinski definition) is 1. The zero-order chi connectivity index (χ0) is 24.7. The van der Waals surface area contributed by atoms with Crippen molar-refractivity contribution >= 4 is 23.1 Å². The van der Waals surface area contributed by atoms with Crippen LogP contribution in [-0.4, -0.2) is 35.7 Å². The number of nitrogens with zero attached hydrogens (tertiary/aromatic N) is 2. The number of aromatic nitrogens is 1. The number of carbonyl (C=O) groups is 2. The van der Waals surface area contributed by atoms with Gasteiger partial charge in [-0.05, 0) is 53.4 Å². The fourth-order valence-electron chi connectivity index (χ4n) is 4.48. The molecule has 8 heteroatoms. The summed E-state index contributed by atoms with van der Waals surface area (Å²) in [5.41, 5.74) is 2.32. The number of anilines is 1. The third-order valence-electron chi connectivity index (χ3n) is 6.20. The van der Waals surface area contributed by atoms with E-state index in [2.05, 4.69) is 4.98 Å². The van der Waals surface area contributed by atoms with Crippen molar-refractivity contribution in [3.05, 3.63) is 83.2 Å². The molecule has 0 bridgehead atoms. The Labute approximate surface area is 202 Å². The molecule has 8 nitrogen and oxygen atoms in total. The van der Waals surface area contributed by atoms with Gasteiger partial charge in [0.1, 0.15) is 11.5 Å². The molecule has 2 aromatic carbocycles. The van der Waals surface area contributed by atoms with Crippen LogP contribution in [0.25, 0.3) is 5.76 Å². The molecule has 2 aliphatic rings. The van der Waals surface area contributed by atoms with Gasteiger partial charge in [0, 0.05) is 29.7 Å². The summed E-state index contributed by atoms with van der Waals surface area (Å²) in [5.74, 6) is 0.0376. The van der Waals surface area contributed by atoms with Gasteiger partial charge in [-0.2, -0.15) is 0 Å².